The summed E-state index contributed by atoms with van der Waals surface area (Å²) in [7, 11) is -1.83. The molecule has 1 aliphatic heterocycles. The zero-order chi connectivity index (χ0) is 21.7. The summed E-state index contributed by atoms with van der Waals surface area (Å²) in [6, 6.07) is 0. The molecule has 1 unspecified atom stereocenters. The minimum absolute atomic E-state index is 0.151. The van der Waals surface area contributed by atoms with E-state index in [0.29, 0.717) is 25.6 Å². The summed E-state index contributed by atoms with van der Waals surface area (Å²) < 4.78 is 24.2. The van der Waals surface area contributed by atoms with Crippen LogP contribution in [0.1, 0.15) is 79.6 Å². The van der Waals surface area contributed by atoms with E-state index in [1.165, 1.54) is 0 Å². The fraction of sp³-hybridized carbons (Fsp3) is 0.957. The Morgan fingerprint density at radius 1 is 1.17 bits per heavy atom. The average molecular weight is 429 g/mol. The number of carbonyl (C=O) groups is 1. The summed E-state index contributed by atoms with van der Waals surface area (Å²) in [4.78, 5) is 12.7. The van der Waals surface area contributed by atoms with E-state index in [1.54, 1.807) is 0 Å². The van der Waals surface area contributed by atoms with Crippen molar-refractivity contribution in [1.29, 1.82) is 0 Å². The predicted octanol–water partition coefficient (Wildman–Crippen LogP) is 5.47. The Kier molecular flexibility index (Phi) is 9.35. The number of ketones is 1. The van der Waals surface area contributed by atoms with Crippen LogP contribution >= 0.6 is 0 Å². The molecule has 0 bridgehead atoms. The molecule has 0 amide bonds. The van der Waals surface area contributed by atoms with Crippen LogP contribution in [0.5, 0.6) is 0 Å². The Balaban J connectivity index is 1.92. The SMILES string of the molecule is CCOC(C)OCCC[C@H]1O[C@H]2CCC[C@@H](O[Si](C)(C)C(C)(C)C)[C@@H]2CCC1=O. The average Bonchev–Trinajstić information content (AvgIpc) is 2.78. The monoisotopic (exact) mass is 428 g/mol. The van der Waals surface area contributed by atoms with Gasteiger partial charge in [0.15, 0.2) is 20.4 Å². The number of ether oxygens (including phenoxy) is 3. The van der Waals surface area contributed by atoms with Gasteiger partial charge in [-0.3, -0.25) is 4.79 Å². The largest absolute Gasteiger partial charge is 0.414 e. The molecule has 2 fully saturated rings. The number of Topliss-reactive ketones (excluding diaryl/α,β-unsaturated/α-hetero) is 1. The molecule has 2 rings (SSSR count). The number of hydrogen-bond donors (Lipinski definition) is 0. The third-order valence-corrected chi connectivity index (χ3v) is 11.5. The van der Waals surface area contributed by atoms with Gasteiger partial charge < -0.3 is 18.6 Å². The Morgan fingerprint density at radius 2 is 1.90 bits per heavy atom. The lowest BCUT2D eigenvalue weighted by molar-refractivity contribution is -0.140. The second-order valence-corrected chi connectivity index (χ2v) is 15.0. The zero-order valence-electron chi connectivity index (χ0n) is 19.8. The normalized spacial score (nSPS) is 30.0. The Labute approximate surface area is 179 Å². The molecule has 0 aromatic rings. The van der Waals surface area contributed by atoms with Crippen LogP contribution in [-0.4, -0.2) is 51.9 Å². The summed E-state index contributed by atoms with van der Waals surface area (Å²) in [5.74, 6) is 0.601. The van der Waals surface area contributed by atoms with Gasteiger partial charge in [-0.1, -0.05) is 20.8 Å². The Bertz CT molecular complexity index is 516. The van der Waals surface area contributed by atoms with Crippen LogP contribution in [0.2, 0.25) is 18.1 Å². The van der Waals surface area contributed by atoms with Crippen LogP contribution in [0, 0.1) is 5.92 Å². The van der Waals surface area contributed by atoms with Crippen LogP contribution in [0.25, 0.3) is 0 Å². The summed E-state index contributed by atoms with van der Waals surface area (Å²) in [6.07, 6.45) is 6.22. The maximum Gasteiger partial charge on any atom is 0.192 e. The number of fused-ring (bicyclic) bond motifs is 1. The molecule has 0 aromatic carbocycles. The molecule has 1 saturated heterocycles. The van der Waals surface area contributed by atoms with Gasteiger partial charge in [0.25, 0.3) is 0 Å². The van der Waals surface area contributed by atoms with Gasteiger partial charge in [0.05, 0.1) is 12.2 Å². The summed E-state index contributed by atoms with van der Waals surface area (Å²) >= 11 is 0. The molecular weight excluding hydrogens is 384 g/mol. The molecule has 0 aromatic heterocycles. The number of rotatable bonds is 9. The standard InChI is InChI=1S/C23H44O5Si/c1-8-25-17(2)26-16-10-13-22-19(24)15-14-18-20(27-22)11-9-12-21(18)28-29(6,7)23(3,4)5/h17-18,20-22H,8-16H2,1-7H3/t17?,18-,20+,21-,22-/m1/s1. The first kappa shape index (κ1) is 25.0. The minimum atomic E-state index is -1.83. The Hall–Kier alpha value is -0.273. The van der Waals surface area contributed by atoms with Crippen LogP contribution in [0.3, 0.4) is 0 Å². The predicted molar refractivity (Wildman–Crippen MR) is 119 cm³/mol. The van der Waals surface area contributed by atoms with Gasteiger partial charge in [0.1, 0.15) is 6.10 Å². The highest BCUT2D eigenvalue weighted by Gasteiger charge is 2.45. The molecule has 5 nitrogen and oxygen atoms in total. The van der Waals surface area contributed by atoms with Gasteiger partial charge >= 0.3 is 0 Å². The maximum absolute atomic E-state index is 12.7. The van der Waals surface area contributed by atoms with Crippen molar-refractivity contribution in [2.75, 3.05) is 13.2 Å². The molecule has 170 valence electrons. The molecule has 2 aliphatic rings. The highest BCUT2D eigenvalue weighted by molar-refractivity contribution is 6.74. The van der Waals surface area contributed by atoms with E-state index >= 15 is 0 Å². The third-order valence-electron chi connectivity index (χ3n) is 6.97. The van der Waals surface area contributed by atoms with Crippen LogP contribution in [0.4, 0.5) is 0 Å². The van der Waals surface area contributed by atoms with Gasteiger partial charge in [-0.05, 0) is 70.5 Å². The molecule has 5 atom stereocenters. The maximum atomic E-state index is 12.7. The number of hydrogen-bond acceptors (Lipinski definition) is 5. The fourth-order valence-corrected chi connectivity index (χ4v) is 5.62. The molecule has 1 saturated carbocycles. The van der Waals surface area contributed by atoms with E-state index < -0.39 is 8.32 Å². The Morgan fingerprint density at radius 3 is 2.55 bits per heavy atom. The first-order valence-electron chi connectivity index (χ1n) is 11.6. The molecule has 29 heavy (non-hydrogen) atoms. The molecule has 0 spiro atoms. The zero-order valence-corrected chi connectivity index (χ0v) is 20.8. The van der Waals surface area contributed by atoms with Gasteiger partial charge in [-0.25, -0.2) is 0 Å². The van der Waals surface area contributed by atoms with Crippen molar-refractivity contribution in [2.45, 2.75) is 122 Å². The van der Waals surface area contributed by atoms with Gasteiger partial charge in [-0.15, -0.1) is 0 Å². The second-order valence-electron chi connectivity index (χ2n) is 10.2. The van der Waals surface area contributed by atoms with Crippen molar-refractivity contribution >= 4 is 14.1 Å². The van der Waals surface area contributed by atoms with Crippen molar-refractivity contribution in [3.63, 3.8) is 0 Å². The van der Waals surface area contributed by atoms with E-state index in [0.717, 1.165) is 38.5 Å². The van der Waals surface area contributed by atoms with E-state index in [1.807, 2.05) is 13.8 Å². The van der Waals surface area contributed by atoms with E-state index in [-0.39, 0.29) is 35.4 Å². The number of carbonyl (C=O) groups excluding carboxylic acids is 1. The molecular formula is C23H44O5Si. The van der Waals surface area contributed by atoms with Crippen molar-refractivity contribution in [2.24, 2.45) is 5.92 Å². The van der Waals surface area contributed by atoms with E-state index in [4.69, 9.17) is 18.6 Å². The molecule has 1 heterocycles. The topological polar surface area (TPSA) is 54.0 Å². The molecule has 0 N–H and O–H groups in total. The molecule has 6 heteroatoms. The van der Waals surface area contributed by atoms with E-state index in [2.05, 4.69) is 33.9 Å². The summed E-state index contributed by atoms with van der Waals surface area (Å²) in [5, 5.41) is 0.197. The lowest BCUT2D eigenvalue weighted by Crippen LogP contribution is -2.49. The van der Waals surface area contributed by atoms with Crippen molar-refractivity contribution < 1.29 is 23.4 Å². The van der Waals surface area contributed by atoms with Gasteiger partial charge in [0, 0.05) is 25.6 Å². The van der Waals surface area contributed by atoms with Crippen LogP contribution in [-0.2, 0) is 23.4 Å². The van der Waals surface area contributed by atoms with Crippen molar-refractivity contribution in [1.82, 2.24) is 0 Å². The van der Waals surface area contributed by atoms with Gasteiger partial charge in [0.2, 0.25) is 0 Å². The fourth-order valence-electron chi connectivity index (χ4n) is 4.22. The summed E-state index contributed by atoms with van der Waals surface area (Å²) in [5.41, 5.74) is 0. The minimum Gasteiger partial charge on any atom is -0.414 e. The molecule has 0 radical (unpaired) electrons. The van der Waals surface area contributed by atoms with Crippen molar-refractivity contribution in [3.8, 4) is 0 Å². The van der Waals surface area contributed by atoms with Crippen molar-refractivity contribution in [3.05, 3.63) is 0 Å². The first-order chi connectivity index (χ1) is 13.5. The quantitative estimate of drug-likeness (QED) is 0.277. The smallest absolute Gasteiger partial charge is 0.192 e. The molecule has 1 aliphatic carbocycles. The highest BCUT2D eigenvalue weighted by atomic mass is 28.4. The lowest BCUT2D eigenvalue weighted by atomic mass is 9.81. The third kappa shape index (κ3) is 7.13. The first-order valence-corrected chi connectivity index (χ1v) is 14.5. The van der Waals surface area contributed by atoms with Gasteiger partial charge in [-0.2, -0.15) is 0 Å². The highest BCUT2D eigenvalue weighted by Crippen LogP contribution is 2.42. The van der Waals surface area contributed by atoms with Crippen LogP contribution in [0.15, 0.2) is 0 Å². The lowest BCUT2D eigenvalue weighted by Gasteiger charge is -2.45. The summed E-state index contributed by atoms with van der Waals surface area (Å²) in [6.45, 7) is 16.6. The van der Waals surface area contributed by atoms with E-state index in [9.17, 15) is 4.79 Å². The van der Waals surface area contributed by atoms with Crippen LogP contribution < -0.4 is 0 Å². The second kappa shape index (κ2) is 10.8.